The molecule has 1 fully saturated rings. The zero-order valence-electron chi connectivity index (χ0n) is 16.1. The quantitative estimate of drug-likeness (QED) is 0.524. The number of piperidine rings is 1. The average molecular weight is 401 g/mol. The molecular formula is C22H19N5O3. The molecule has 0 bridgehead atoms. The predicted molar refractivity (Wildman–Crippen MR) is 110 cm³/mol. The summed E-state index contributed by atoms with van der Waals surface area (Å²) in [7, 11) is 0. The molecule has 30 heavy (non-hydrogen) atoms. The molecule has 8 nitrogen and oxygen atoms in total. The van der Waals surface area contributed by atoms with Gasteiger partial charge in [-0.1, -0.05) is 17.3 Å². The third kappa shape index (κ3) is 3.26. The van der Waals surface area contributed by atoms with Gasteiger partial charge in [0, 0.05) is 37.1 Å². The Morgan fingerprint density at radius 3 is 2.93 bits per heavy atom. The Kier molecular flexibility index (Phi) is 4.59. The van der Waals surface area contributed by atoms with Crippen LogP contribution in [0.2, 0.25) is 0 Å². The number of benzene rings is 1. The first-order valence-corrected chi connectivity index (χ1v) is 9.83. The fraction of sp³-hybridized carbons (Fsp3) is 0.227. The number of nitrogens with zero attached hydrogens (tertiary/aromatic N) is 5. The van der Waals surface area contributed by atoms with Crippen LogP contribution in [-0.4, -0.2) is 43.6 Å². The van der Waals surface area contributed by atoms with Crippen LogP contribution in [0.3, 0.4) is 0 Å². The molecule has 0 unspecified atom stereocenters. The van der Waals surface area contributed by atoms with Gasteiger partial charge in [0.05, 0.1) is 23.3 Å². The van der Waals surface area contributed by atoms with E-state index in [0.717, 1.165) is 18.4 Å². The van der Waals surface area contributed by atoms with Gasteiger partial charge in [0.15, 0.2) is 11.5 Å². The Morgan fingerprint density at radius 1 is 1.17 bits per heavy atom. The number of pyridine rings is 1. The van der Waals surface area contributed by atoms with Crippen LogP contribution in [-0.2, 0) is 0 Å². The molecule has 0 spiro atoms. The first kappa shape index (κ1) is 18.2. The molecule has 1 amide bonds. The van der Waals surface area contributed by atoms with Crippen LogP contribution in [0, 0.1) is 0 Å². The number of fused-ring (bicyclic) bond motifs is 1. The molecule has 0 radical (unpaired) electrons. The third-order valence-electron chi connectivity index (χ3n) is 5.44. The number of carbonyl (C=O) groups excluding carboxylic acids is 1. The molecule has 1 atom stereocenters. The van der Waals surface area contributed by atoms with Crippen LogP contribution < -0.4 is 5.56 Å². The van der Waals surface area contributed by atoms with Crippen molar-refractivity contribution in [3.05, 3.63) is 77.2 Å². The molecule has 150 valence electrons. The van der Waals surface area contributed by atoms with Crippen LogP contribution in [0.5, 0.6) is 0 Å². The minimum atomic E-state index is -0.208. The normalized spacial score (nSPS) is 16.7. The van der Waals surface area contributed by atoms with E-state index in [4.69, 9.17) is 4.52 Å². The van der Waals surface area contributed by atoms with Gasteiger partial charge >= 0.3 is 0 Å². The van der Waals surface area contributed by atoms with Crippen molar-refractivity contribution < 1.29 is 9.32 Å². The van der Waals surface area contributed by atoms with E-state index >= 15 is 0 Å². The molecule has 1 saturated heterocycles. The van der Waals surface area contributed by atoms with Crippen molar-refractivity contribution >= 4 is 16.8 Å². The lowest BCUT2D eigenvalue weighted by atomic mass is 10.0. The van der Waals surface area contributed by atoms with Crippen LogP contribution in [0.25, 0.3) is 22.2 Å². The van der Waals surface area contributed by atoms with Gasteiger partial charge in [-0.05, 0) is 37.1 Å². The van der Waals surface area contributed by atoms with Crippen molar-refractivity contribution in [1.82, 2.24) is 24.6 Å². The van der Waals surface area contributed by atoms with E-state index in [1.807, 2.05) is 24.3 Å². The number of rotatable bonds is 3. The van der Waals surface area contributed by atoms with Gasteiger partial charge in [0.2, 0.25) is 0 Å². The highest BCUT2D eigenvalue weighted by Gasteiger charge is 2.28. The molecule has 0 N–H and O–H groups in total. The Bertz CT molecular complexity index is 1260. The molecule has 5 rings (SSSR count). The van der Waals surface area contributed by atoms with E-state index < -0.39 is 0 Å². The van der Waals surface area contributed by atoms with E-state index in [0.29, 0.717) is 29.8 Å². The maximum absolute atomic E-state index is 13.0. The molecular weight excluding hydrogens is 382 g/mol. The van der Waals surface area contributed by atoms with E-state index in [-0.39, 0.29) is 23.2 Å². The summed E-state index contributed by atoms with van der Waals surface area (Å²) in [4.78, 5) is 36.1. The molecule has 1 aromatic carbocycles. The second-order valence-electron chi connectivity index (χ2n) is 7.34. The summed E-state index contributed by atoms with van der Waals surface area (Å²) in [6, 6.07) is 12.4. The van der Waals surface area contributed by atoms with Crippen molar-refractivity contribution in [2.24, 2.45) is 0 Å². The predicted octanol–water partition coefficient (Wildman–Crippen LogP) is 2.92. The van der Waals surface area contributed by atoms with E-state index in [1.165, 1.54) is 0 Å². The fourth-order valence-corrected chi connectivity index (χ4v) is 3.89. The zero-order valence-corrected chi connectivity index (χ0v) is 16.1. The molecule has 0 saturated carbocycles. The van der Waals surface area contributed by atoms with E-state index in [1.54, 1.807) is 46.4 Å². The lowest BCUT2D eigenvalue weighted by molar-refractivity contribution is 0.0667. The lowest BCUT2D eigenvalue weighted by Crippen LogP contribution is -2.43. The van der Waals surface area contributed by atoms with Crippen LogP contribution in [0.15, 0.2) is 70.5 Å². The van der Waals surface area contributed by atoms with Crippen molar-refractivity contribution in [3.63, 3.8) is 0 Å². The number of likely N-dealkylation sites (tertiary alicyclic amines) is 1. The summed E-state index contributed by atoms with van der Waals surface area (Å²) in [5.41, 5.74) is 1.60. The van der Waals surface area contributed by atoms with Gasteiger partial charge < -0.3 is 9.42 Å². The van der Waals surface area contributed by atoms with E-state index in [2.05, 4.69) is 15.1 Å². The number of hydrogen-bond acceptors (Lipinski definition) is 6. The van der Waals surface area contributed by atoms with Gasteiger partial charge in [0.25, 0.3) is 11.5 Å². The maximum atomic E-state index is 13.0. The van der Waals surface area contributed by atoms with Crippen molar-refractivity contribution in [3.8, 4) is 11.3 Å². The summed E-state index contributed by atoms with van der Waals surface area (Å²) in [5, 5.41) is 4.53. The summed E-state index contributed by atoms with van der Waals surface area (Å²) >= 11 is 0. The molecule has 1 aliphatic rings. The van der Waals surface area contributed by atoms with Gasteiger partial charge in [-0.25, -0.2) is 4.98 Å². The van der Waals surface area contributed by atoms with Crippen LogP contribution >= 0.6 is 0 Å². The largest absolute Gasteiger partial charge is 0.355 e. The highest BCUT2D eigenvalue weighted by atomic mass is 16.5. The Morgan fingerprint density at radius 2 is 2.07 bits per heavy atom. The summed E-state index contributed by atoms with van der Waals surface area (Å²) in [6.45, 7) is 1.04. The smallest absolute Gasteiger partial charge is 0.276 e. The van der Waals surface area contributed by atoms with Gasteiger partial charge in [-0.2, -0.15) is 0 Å². The van der Waals surface area contributed by atoms with Gasteiger partial charge in [-0.15, -0.1) is 0 Å². The van der Waals surface area contributed by atoms with Gasteiger partial charge in [-0.3, -0.25) is 19.1 Å². The van der Waals surface area contributed by atoms with Crippen LogP contribution in [0.4, 0.5) is 0 Å². The summed E-state index contributed by atoms with van der Waals surface area (Å²) in [5.74, 6) is 0.287. The summed E-state index contributed by atoms with van der Waals surface area (Å²) < 4.78 is 6.98. The molecule has 0 aliphatic carbocycles. The van der Waals surface area contributed by atoms with Crippen molar-refractivity contribution in [2.75, 3.05) is 13.1 Å². The minimum Gasteiger partial charge on any atom is -0.355 e. The van der Waals surface area contributed by atoms with Crippen LogP contribution in [0.1, 0.15) is 29.4 Å². The Labute approximate surface area is 171 Å². The third-order valence-corrected chi connectivity index (χ3v) is 5.44. The fourth-order valence-electron chi connectivity index (χ4n) is 3.89. The Hall–Kier alpha value is -3.81. The highest BCUT2D eigenvalue weighted by molar-refractivity contribution is 5.93. The molecule has 8 heteroatoms. The topological polar surface area (TPSA) is 94.1 Å². The Balaban J connectivity index is 1.38. The second-order valence-corrected chi connectivity index (χ2v) is 7.34. The summed E-state index contributed by atoms with van der Waals surface area (Å²) in [6.07, 6.45) is 6.51. The number of aromatic nitrogens is 4. The molecule has 4 aromatic rings. The average Bonchev–Trinajstić information content (AvgIpc) is 3.30. The van der Waals surface area contributed by atoms with Gasteiger partial charge in [0.1, 0.15) is 0 Å². The van der Waals surface area contributed by atoms with E-state index in [9.17, 15) is 9.59 Å². The molecule has 1 aliphatic heterocycles. The first-order chi connectivity index (χ1) is 14.7. The number of para-hydroxylation sites is 1. The number of hydrogen-bond donors (Lipinski definition) is 0. The first-order valence-electron chi connectivity index (χ1n) is 9.83. The second kappa shape index (κ2) is 7.55. The standard InChI is InChI=1S/C22H19N5O3/c28-21-17-7-1-2-8-18(17)24-14-27(21)16-6-4-10-26(13-16)22(29)19-11-20(30-25-19)15-5-3-9-23-12-15/h1-3,5,7-9,11-12,14,16H,4,6,10,13H2/t16-/m0/s1. The number of carbonyl (C=O) groups is 1. The monoisotopic (exact) mass is 401 g/mol. The van der Waals surface area contributed by atoms with Crippen molar-refractivity contribution in [2.45, 2.75) is 18.9 Å². The highest BCUT2D eigenvalue weighted by Crippen LogP contribution is 2.24. The minimum absolute atomic E-state index is 0.0831. The molecule has 4 heterocycles. The lowest BCUT2D eigenvalue weighted by Gasteiger charge is -2.33. The van der Waals surface area contributed by atoms with Crippen molar-refractivity contribution in [1.29, 1.82) is 0 Å². The molecule has 3 aromatic heterocycles. The zero-order chi connectivity index (χ0) is 20.5. The maximum Gasteiger partial charge on any atom is 0.276 e. The number of amides is 1. The SMILES string of the molecule is O=C(c1cc(-c2cccnc2)on1)N1CCC[C@H](n2cnc3ccccc3c2=O)C1.